The predicted octanol–water partition coefficient (Wildman–Crippen LogP) is 6.82. The number of benzene rings is 3. The summed E-state index contributed by atoms with van der Waals surface area (Å²) in [6.45, 7) is 5.85. The molecular weight excluding hydrogens is 423 g/mol. The third-order valence-electron chi connectivity index (χ3n) is 6.14. The van der Waals surface area contributed by atoms with E-state index in [9.17, 15) is 4.79 Å². The highest BCUT2D eigenvalue weighted by molar-refractivity contribution is 7.95. The van der Waals surface area contributed by atoms with Gasteiger partial charge in [-0.2, -0.15) is 0 Å². The molecule has 0 aromatic heterocycles. The van der Waals surface area contributed by atoms with Crippen molar-refractivity contribution in [3.8, 4) is 5.75 Å². The molecule has 0 heterocycles. The fraction of sp³-hybridized carbons (Fsp3) is 0.300. The Hall–Kier alpha value is -2.70. The topological polar surface area (TPSA) is 26.3 Å². The number of unbranched alkanes of at least 4 members (excludes halogenated alkanes) is 6. The van der Waals surface area contributed by atoms with Crippen molar-refractivity contribution in [2.75, 3.05) is 6.16 Å². The number of carbonyl (C=O) groups is 1. The molecule has 0 aliphatic rings. The van der Waals surface area contributed by atoms with Crippen LogP contribution in [0.15, 0.2) is 97.6 Å². The lowest BCUT2D eigenvalue weighted by molar-refractivity contribution is -0.128. The van der Waals surface area contributed by atoms with Crippen LogP contribution in [0, 0.1) is 0 Å². The van der Waals surface area contributed by atoms with Crippen LogP contribution in [0.3, 0.4) is 0 Å². The van der Waals surface area contributed by atoms with E-state index in [1.807, 2.05) is 12.1 Å². The Labute approximate surface area is 200 Å². The van der Waals surface area contributed by atoms with Crippen LogP contribution < -0.4 is 20.7 Å². The van der Waals surface area contributed by atoms with Crippen molar-refractivity contribution in [1.82, 2.24) is 0 Å². The third-order valence-corrected chi connectivity index (χ3v) is 10.7. The molecule has 0 aliphatic heterocycles. The molecule has 33 heavy (non-hydrogen) atoms. The zero-order valence-electron chi connectivity index (χ0n) is 19.8. The molecule has 172 valence electrons. The van der Waals surface area contributed by atoms with Crippen molar-refractivity contribution in [2.45, 2.75) is 51.9 Å². The second-order valence-electron chi connectivity index (χ2n) is 8.42. The summed E-state index contributed by atoms with van der Waals surface area (Å²) in [4.78, 5) is 12.2. The largest absolute Gasteiger partial charge is 0.419 e. The number of hydrogen-bond acceptors (Lipinski definition) is 2. The van der Waals surface area contributed by atoms with Gasteiger partial charge >= 0.3 is 5.97 Å². The molecule has 0 aliphatic carbocycles. The number of carbonyl (C=O) groups excluding carboxylic acids is 1. The molecule has 2 nitrogen and oxygen atoms in total. The average molecular weight is 460 g/mol. The van der Waals surface area contributed by atoms with Crippen molar-refractivity contribution in [3.05, 3.63) is 97.6 Å². The van der Waals surface area contributed by atoms with E-state index in [1.165, 1.54) is 55.2 Å². The van der Waals surface area contributed by atoms with Crippen LogP contribution in [0.25, 0.3) is 0 Å². The number of esters is 1. The monoisotopic (exact) mass is 459 g/mol. The first kappa shape index (κ1) is 24.9. The van der Waals surface area contributed by atoms with Crippen molar-refractivity contribution in [1.29, 1.82) is 0 Å². The minimum atomic E-state index is -2.03. The van der Waals surface area contributed by atoms with Gasteiger partial charge < -0.3 is 4.74 Å². The molecule has 3 aromatic rings. The predicted molar refractivity (Wildman–Crippen MR) is 144 cm³/mol. The van der Waals surface area contributed by atoms with Crippen LogP contribution in [0.2, 0.25) is 0 Å². The highest BCUT2D eigenvalue weighted by atomic mass is 31.2. The minimum Gasteiger partial charge on any atom is -0.419 e. The van der Waals surface area contributed by atoms with Gasteiger partial charge in [0.15, 0.2) is 5.75 Å². The Morgan fingerprint density at radius 3 is 1.85 bits per heavy atom. The van der Waals surface area contributed by atoms with Gasteiger partial charge in [-0.15, -0.1) is 0 Å². The van der Waals surface area contributed by atoms with Crippen LogP contribution in [-0.2, 0) is 4.79 Å². The maximum absolute atomic E-state index is 12.2. The highest BCUT2D eigenvalue weighted by Crippen LogP contribution is 2.57. The van der Waals surface area contributed by atoms with E-state index < -0.39 is 13.2 Å². The molecule has 0 saturated heterocycles. The Morgan fingerprint density at radius 1 is 0.758 bits per heavy atom. The van der Waals surface area contributed by atoms with Gasteiger partial charge in [-0.1, -0.05) is 94.1 Å². The lowest BCUT2D eigenvalue weighted by atomic mass is 10.1. The van der Waals surface area contributed by atoms with E-state index in [4.69, 9.17) is 4.74 Å². The first-order valence-corrected chi connectivity index (χ1v) is 14.1. The minimum absolute atomic E-state index is 0.419. The lowest BCUT2D eigenvalue weighted by Gasteiger charge is -2.28. The summed E-state index contributed by atoms with van der Waals surface area (Å²) in [5.74, 6) is 0.226. The maximum Gasteiger partial charge on any atom is 0.335 e. The summed E-state index contributed by atoms with van der Waals surface area (Å²) in [7, 11) is -2.03. The van der Waals surface area contributed by atoms with E-state index in [1.54, 1.807) is 0 Å². The summed E-state index contributed by atoms with van der Waals surface area (Å²) < 4.78 is 5.79. The lowest BCUT2D eigenvalue weighted by Crippen LogP contribution is -2.34. The highest BCUT2D eigenvalue weighted by Gasteiger charge is 2.47. The average Bonchev–Trinajstić information content (AvgIpc) is 2.87. The second-order valence-corrected chi connectivity index (χ2v) is 12.0. The van der Waals surface area contributed by atoms with Gasteiger partial charge in [-0.3, -0.25) is 0 Å². The molecule has 0 saturated carbocycles. The Bertz CT molecular complexity index is 959. The summed E-state index contributed by atoms with van der Waals surface area (Å²) in [5, 5.41) is 3.78. The van der Waals surface area contributed by atoms with Crippen LogP contribution in [0.1, 0.15) is 51.9 Å². The van der Waals surface area contributed by atoms with Gasteiger partial charge in [0.05, 0.1) is 6.16 Å². The van der Waals surface area contributed by atoms with Crippen LogP contribution in [0.5, 0.6) is 5.75 Å². The smallest absolute Gasteiger partial charge is 0.335 e. The number of ether oxygens (including phenoxy) is 1. The molecule has 3 heteroatoms. The van der Waals surface area contributed by atoms with Crippen LogP contribution in [0.4, 0.5) is 0 Å². The van der Waals surface area contributed by atoms with Crippen molar-refractivity contribution >= 4 is 29.1 Å². The van der Waals surface area contributed by atoms with Gasteiger partial charge in [0.25, 0.3) is 0 Å². The maximum atomic E-state index is 12.2. The third kappa shape index (κ3) is 6.42. The standard InChI is InChI=1S/C30H36O2P/c1-3-5-6-7-8-9-18-25-33(26-19-12-10-13-20-26,27-21-14-11-15-22-27)29-24-17-16-23-28(29)32-30(31)4-2/h4,10-17,19-24H,2-3,5-9,18,25H2,1H3/q+1. The summed E-state index contributed by atoms with van der Waals surface area (Å²) in [6.07, 6.45) is 11.2. The molecular formula is C30H36O2P+. The molecule has 0 amide bonds. The zero-order valence-corrected chi connectivity index (χ0v) is 20.7. The fourth-order valence-electron chi connectivity index (χ4n) is 4.49. The van der Waals surface area contributed by atoms with E-state index >= 15 is 0 Å². The number of hydrogen-bond donors (Lipinski definition) is 0. The second kappa shape index (κ2) is 13.1. The number of para-hydroxylation sites is 1. The van der Waals surface area contributed by atoms with Gasteiger partial charge in [-0.25, -0.2) is 4.79 Å². The SMILES string of the molecule is C=CC(=O)Oc1ccccc1[P+](CCCCCCCCC)(c1ccccc1)c1ccccc1. The zero-order chi connectivity index (χ0) is 23.4. The molecule has 0 unspecified atom stereocenters. The van der Waals surface area contributed by atoms with Crippen molar-refractivity contribution < 1.29 is 9.53 Å². The fourth-order valence-corrected chi connectivity index (χ4v) is 8.99. The summed E-state index contributed by atoms with van der Waals surface area (Å²) in [6, 6.07) is 29.7. The Kier molecular flexibility index (Phi) is 9.91. The van der Waals surface area contributed by atoms with Crippen molar-refractivity contribution in [2.24, 2.45) is 0 Å². The van der Waals surface area contributed by atoms with Crippen LogP contribution in [-0.4, -0.2) is 12.1 Å². The molecule has 0 bridgehead atoms. The van der Waals surface area contributed by atoms with Gasteiger partial charge in [0.2, 0.25) is 0 Å². The molecule has 3 rings (SSSR count). The van der Waals surface area contributed by atoms with E-state index in [0.29, 0.717) is 5.75 Å². The quantitative estimate of drug-likeness (QED) is 0.0921. The Morgan fingerprint density at radius 2 is 1.27 bits per heavy atom. The molecule has 0 spiro atoms. The van der Waals surface area contributed by atoms with E-state index in [2.05, 4.69) is 86.3 Å². The first-order chi connectivity index (χ1) is 16.2. The number of rotatable bonds is 13. The molecule has 0 atom stereocenters. The van der Waals surface area contributed by atoms with Crippen molar-refractivity contribution in [3.63, 3.8) is 0 Å². The molecule has 0 N–H and O–H groups in total. The summed E-state index contributed by atoms with van der Waals surface area (Å²) in [5.41, 5.74) is 0. The van der Waals surface area contributed by atoms with E-state index in [0.717, 1.165) is 17.9 Å². The van der Waals surface area contributed by atoms with Gasteiger partial charge in [0.1, 0.15) is 23.2 Å². The normalized spacial score (nSPS) is 11.2. The first-order valence-electron chi connectivity index (χ1n) is 12.2. The van der Waals surface area contributed by atoms with Gasteiger partial charge in [0, 0.05) is 6.08 Å². The van der Waals surface area contributed by atoms with Gasteiger partial charge in [-0.05, 0) is 49.2 Å². The Balaban J connectivity index is 2.06. The summed E-state index contributed by atoms with van der Waals surface area (Å²) >= 11 is 0. The molecule has 0 radical (unpaired) electrons. The molecule has 0 fully saturated rings. The molecule has 3 aromatic carbocycles. The van der Waals surface area contributed by atoms with E-state index in [-0.39, 0.29) is 0 Å². The van der Waals surface area contributed by atoms with Crippen LogP contribution >= 0.6 is 7.26 Å².